The Morgan fingerprint density at radius 2 is 2.36 bits per heavy atom. The van der Waals surface area contributed by atoms with Crippen molar-refractivity contribution in [2.45, 2.75) is 31.9 Å². The lowest BCUT2D eigenvalue weighted by Gasteiger charge is -2.50. The minimum atomic E-state index is 0.0640. The van der Waals surface area contributed by atoms with Gasteiger partial charge < -0.3 is 9.47 Å². The third-order valence-corrected chi connectivity index (χ3v) is 5.39. The first-order chi connectivity index (χ1) is 12.2. The Kier molecular flexibility index (Phi) is 4.72. The van der Waals surface area contributed by atoms with E-state index in [0.717, 1.165) is 51.3 Å². The summed E-state index contributed by atoms with van der Waals surface area (Å²) in [6.45, 7) is 4.57. The molecule has 0 aromatic carbocycles. The van der Waals surface area contributed by atoms with Crippen LogP contribution in [0.4, 0.5) is 0 Å². The Morgan fingerprint density at radius 3 is 3.16 bits per heavy atom. The molecule has 2 atom stereocenters. The predicted molar refractivity (Wildman–Crippen MR) is 94.2 cm³/mol. The largest absolute Gasteiger partial charge is 0.491 e. The fourth-order valence-corrected chi connectivity index (χ4v) is 4.20. The molecule has 2 unspecified atom stereocenters. The number of hydrogen-bond acceptors (Lipinski definition) is 5. The lowest BCUT2D eigenvalue weighted by Crippen LogP contribution is -2.57. The molecule has 2 aromatic heterocycles. The first-order valence-corrected chi connectivity index (χ1v) is 9.08. The lowest BCUT2D eigenvalue weighted by molar-refractivity contribution is -0.140. The van der Waals surface area contributed by atoms with E-state index in [-0.39, 0.29) is 5.41 Å². The maximum Gasteiger partial charge on any atom is 0.137 e. The zero-order chi connectivity index (χ0) is 17.1. The summed E-state index contributed by atoms with van der Waals surface area (Å²) in [6.07, 6.45) is 11.2. The van der Waals surface area contributed by atoms with Crippen molar-refractivity contribution in [1.82, 2.24) is 19.7 Å². The molecule has 0 aliphatic carbocycles. The van der Waals surface area contributed by atoms with E-state index in [1.165, 1.54) is 5.56 Å². The molecule has 0 bridgehead atoms. The van der Waals surface area contributed by atoms with Crippen molar-refractivity contribution in [3.63, 3.8) is 0 Å². The molecule has 2 aromatic rings. The summed E-state index contributed by atoms with van der Waals surface area (Å²) < 4.78 is 14.1. The molecule has 2 aliphatic rings. The van der Waals surface area contributed by atoms with Gasteiger partial charge in [0.25, 0.3) is 0 Å². The number of pyridine rings is 1. The molecule has 2 aliphatic heterocycles. The summed E-state index contributed by atoms with van der Waals surface area (Å²) in [5.41, 5.74) is 1.33. The first kappa shape index (κ1) is 16.5. The molecule has 0 saturated carbocycles. The minimum Gasteiger partial charge on any atom is -0.491 e. The maximum absolute atomic E-state index is 6.14. The van der Waals surface area contributed by atoms with Gasteiger partial charge in [0.15, 0.2) is 0 Å². The van der Waals surface area contributed by atoms with Crippen LogP contribution in [-0.2, 0) is 18.3 Å². The van der Waals surface area contributed by atoms with Crippen LogP contribution in [0.25, 0.3) is 0 Å². The minimum absolute atomic E-state index is 0.0640. The molecule has 0 amide bonds. The monoisotopic (exact) mass is 342 g/mol. The number of hydrogen-bond donors (Lipinski definition) is 0. The van der Waals surface area contributed by atoms with Crippen molar-refractivity contribution in [3.8, 4) is 5.75 Å². The van der Waals surface area contributed by atoms with Gasteiger partial charge in [-0.1, -0.05) is 0 Å². The van der Waals surface area contributed by atoms with Crippen molar-refractivity contribution in [1.29, 1.82) is 0 Å². The molecule has 0 spiro atoms. The molecule has 0 radical (unpaired) electrons. The Balaban J connectivity index is 1.46. The Bertz CT molecular complexity index is 690. The fraction of sp³-hybridized carbons (Fsp3) is 0.579. The van der Waals surface area contributed by atoms with E-state index in [2.05, 4.69) is 21.2 Å². The van der Waals surface area contributed by atoms with Gasteiger partial charge in [-0.2, -0.15) is 5.10 Å². The Morgan fingerprint density at radius 1 is 1.40 bits per heavy atom. The SMILES string of the molecule is Cn1cc(CN2CCC3OCCCC3(COc3cccnc3)C2)cn1. The van der Waals surface area contributed by atoms with Gasteiger partial charge in [0, 0.05) is 56.7 Å². The summed E-state index contributed by atoms with van der Waals surface area (Å²) in [4.78, 5) is 6.67. The molecular formula is C19H26N4O2. The van der Waals surface area contributed by atoms with Crippen molar-refractivity contribution < 1.29 is 9.47 Å². The standard InChI is InChI=1S/C19H26N4O2/c1-22-12-16(10-21-22)13-23-8-5-18-19(14-23,6-3-9-24-18)15-25-17-4-2-7-20-11-17/h2,4,7,10-12,18H,3,5-6,8-9,13-15H2,1H3. The predicted octanol–water partition coefficient (Wildman–Crippen LogP) is 2.27. The van der Waals surface area contributed by atoms with Crippen LogP contribution in [0.15, 0.2) is 36.9 Å². The quantitative estimate of drug-likeness (QED) is 0.834. The average Bonchev–Trinajstić information content (AvgIpc) is 3.05. The molecule has 4 rings (SSSR count). The number of piperidine rings is 1. The summed E-state index contributed by atoms with van der Waals surface area (Å²) in [6, 6.07) is 3.88. The van der Waals surface area contributed by atoms with E-state index in [4.69, 9.17) is 9.47 Å². The smallest absolute Gasteiger partial charge is 0.137 e. The van der Waals surface area contributed by atoms with Gasteiger partial charge in [0.1, 0.15) is 5.75 Å². The second kappa shape index (κ2) is 7.14. The van der Waals surface area contributed by atoms with E-state index >= 15 is 0 Å². The van der Waals surface area contributed by atoms with E-state index in [1.54, 1.807) is 12.4 Å². The average molecular weight is 342 g/mol. The highest BCUT2D eigenvalue weighted by Crippen LogP contribution is 2.41. The molecule has 6 heteroatoms. The second-order valence-electron chi connectivity index (χ2n) is 7.32. The van der Waals surface area contributed by atoms with Crippen LogP contribution in [0, 0.1) is 5.41 Å². The van der Waals surface area contributed by atoms with Crippen LogP contribution in [0.1, 0.15) is 24.8 Å². The highest BCUT2D eigenvalue weighted by Gasteiger charge is 2.46. The van der Waals surface area contributed by atoms with E-state index < -0.39 is 0 Å². The molecule has 2 fully saturated rings. The molecule has 4 heterocycles. The van der Waals surface area contributed by atoms with Gasteiger partial charge in [-0.3, -0.25) is 14.6 Å². The summed E-state index contributed by atoms with van der Waals surface area (Å²) >= 11 is 0. The van der Waals surface area contributed by atoms with Gasteiger partial charge in [0.2, 0.25) is 0 Å². The van der Waals surface area contributed by atoms with E-state index in [1.807, 2.05) is 30.1 Å². The zero-order valence-corrected chi connectivity index (χ0v) is 14.8. The normalized spacial score (nSPS) is 27.0. The van der Waals surface area contributed by atoms with Crippen molar-refractivity contribution >= 4 is 0 Å². The number of rotatable bonds is 5. The summed E-state index contributed by atoms with van der Waals surface area (Å²) in [7, 11) is 1.97. The van der Waals surface area contributed by atoms with Gasteiger partial charge in [-0.15, -0.1) is 0 Å². The van der Waals surface area contributed by atoms with E-state index in [9.17, 15) is 0 Å². The zero-order valence-electron chi connectivity index (χ0n) is 14.8. The lowest BCUT2D eigenvalue weighted by atomic mass is 9.73. The van der Waals surface area contributed by atoms with Crippen LogP contribution in [0.2, 0.25) is 0 Å². The molecule has 134 valence electrons. The van der Waals surface area contributed by atoms with Gasteiger partial charge in [-0.25, -0.2) is 0 Å². The summed E-state index contributed by atoms with van der Waals surface area (Å²) in [5.74, 6) is 0.839. The van der Waals surface area contributed by atoms with Crippen molar-refractivity contribution in [2.75, 3.05) is 26.3 Å². The Hall–Kier alpha value is -1.92. The second-order valence-corrected chi connectivity index (χ2v) is 7.32. The number of likely N-dealkylation sites (tertiary alicyclic amines) is 1. The van der Waals surface area contributed by atoms with Crippen LogP contribution in [0.3, 0.4) is 0 Å². The van der Waals surface area contributed by atoms with Gasteiger partial charge in [-0.05, 0) is 31.4 Å². The van der Waals surface area contributed by atoms with Crippen LogP contribution in [-0.4, -0.2) is 52.1 Å². The van der Waals surface area contributed by atoms with Gasteiger partial charge in [0.05, 0.1) is 25.1 Å². The van der Waals surface area contributed by atoms with Crippen molar-refractivity contribution in [2.24, 2.45) is 12.5 Å². The van der Waals surface area contributed by atoms with E-state index in [0.29, 0.717) is 12.7 Å². The topological polar surface area (TPSA) is 52.4 Å². The molecule has 6 nitrogen and oxygen atoms in total. The molecule has 2 saturated heterocycles. The maximum atomic E-state index is 6.14. The number of fused-ring (bicyclic) bond motifs is 1. The number of ether oxygens (including phenoxy) is 2. The highest BCUT2D eigenvalue weighted by atomic mass is 16.5. The van der Waals surface area contributed by atoms with Crippen LogP contribution in [0.5, 0.6) is 5.75 Å². The van der Waals surface area contributed by atoms with Crippen LogP contribution >= 0.6 is 0 Å². The number of aromatic nitrogens is 3. The third kappa shape index (κ3) is 3.70. The number of aryl methyl sites for hydroxylation is 1. The molecule has 0 N–H and O–H groups in total. The number of nitrogens with zero attached hydrogens (tertiary/aromatic N) is 4. The highest BCUT2D eigenvalue weighted by molar-refractivity contribution is 5.16. The fourth-order valence-electron chi connectivity index (χ4n) is 4.20. The van der Waals surface area contributed by atoms with Gasteiger partial charge >= 0.3 is 0 Å². The van der Waals surface area contributed by atoms with Crippen molar-refractivity contribution in [3.05, 3.63) is 42.5 Å². The Labute approximate surface area is 148 Å². The third-order valence-electron chi connectivity index (χ3n) is 5.39. The first-order valence-electron chi connectivity index (χ1n) is 9.08. The summed E-state index contributed by atoms with van der Waals surface area (Å²) in [5, 5.41) is 4.29. The molecule has 25 heavy (non-hydrogen) atoms. The molecular weight excluding hydrogens is 316 g/mol. The van der Waals surface area contributed by atoms with Crippen LogP contribution < -0.4 is 4.74 Å².